The summed E-state index contributed by atoms with van der Waals surface area (Å²) >= 11 is 6.12. The van der Waals surface area contributed by atoms with Gasteiger partial charge >= 0.3 is 0 Å². The first kappa shape index (κ1) is 20.5. The first-order valence-corrected chi connectivity index (χ1v) is 10.8. The van der Waals surface area contributed by atoms with Crippen LogP contribution in [0.4, 0.5) is 11.4 Å². The van der Waals surface area contributed by atoms with Gasteiger partial charge in [0, 0.05) is 16.4 Å². The second-order valence-corrected chi connectivity index (χ2v) is 8.20. The van der Waals surface area contributed by atoms with Gasteiger partial charge in [0.25, 0.3) is 5.91 Å². The fourth-order valence-electron chi connectivity index (χ4n) is 3.96. The zero-order valence-electron chi connectivity index (χ0n) is 17.0. The summed E-state index contributed by atoms with van der Waals surface area (Å²) in [5.41, 5.74) is 4.43. The Hall–Kier alpha value is -2.82. The smallest absolute Gasteiger partial charge is 0.279 e. The van der Waals surface area contributed by atoms with Crippen LogP contribution in [0.5, 0.6) is 0 Å². The highest BCUT2D eigenvalue weighted by molar-refractivity contribution is 6.30. The Labute approximate surface area is 183 Å². The van der Waals surface area contributed by atoms with E-state index in [4.69, 9.17) is 11.6 Å². The zero-order valence-corrected chi connectivity index (χ0v) is 17.7. The molecule has 0 radical (unpaired) electrons. The number of amides is 1. The number of carbonyl (C=O) groups excluding carboxylic acids is 1. The lowest BCUT2D eigenvalue weighted by Crippen LogP contribution is -3.15. The van der Waals surface area contributed by atoms with Gasteiger partial charge in [-0.15, -0.1) is 0 Å². The molecule has 1 heterocycles. The number of quaternary nitrogens is 1. The van der Waals surface area contributed by atoms with Gasteiger partial charge in [0.2, 0.25) is 0 Å². The average Bonchev–Trinajstić information content (AvgIpc) is 2.76. The molecule has 0 unspecified atom stereocenters. The number of piperazine rings is 1. The Kier molecular flexibility index (Phi) is 6.67. The second-order valence-electron chi connectivity index (χ2n) is 7.76. The molecule has 0 bridgehead atoms. The topological polar surface area (TPSA) is 36.8 Å². The molecule has 0 saturated carbocycles. The van der Waals surface area contributed by atoms with E-state index in [9.17, 15) is 4.79 Å². The molecule has 154 valence electrons. The molecule has 1 saturated heterocycles. The molecule has 30 heavy (non-hydrogen) atoms. The van der Waals surface area contributed by atoms with Crippen molar-refractivity contribution in [3.63, 3.8) is 0 Å². The van der Waals surface area contributed by atoms with Gasteiger partial charge in [-0.25, -0.2) is 0 Å². The van der Waals surface area contributed by atoms with Crippen molar-refractivity contribution >= 4 is 28.9 Å². The molecule has 3 aromatic carbocycles. The molecular formula is C25H27ClN3O+. The molecule has 2 N–H and O–H groups in total. The maximum absolute atomic E-state index is 12.7. The van der Waals surface area contributed by atoms with Crippen LogP contribution in [-0.4, -0.2) is 38.6 Å². The molecule has 1 fully saturated rings. The molecule has 1 amide bonds. The van der Waals surface area contributed by atoms with Crippen molar-refractivity contribution in [3.05, 3.63) is 95.0 Å². The lowest BCUT2D eigenvalue weighted by atomic mass is 10.0. The summed E-state index contributed by atoms with van der Waals surface area (Å²) < 4.78 is 0. The van der Waals surface area contributed by atoms with Crippen LogP contribution in [0.25, 0.3) is 0 Å². The third-order valence-electron chi connectivity index (χ3n) is 5.58. The predicted octanol–water partition coefficient (Wildman–Crippen LogP) is 3.27. The number of hydrogen-bond donors (Lipinski definition) is 2. The molecule has 0 atom stereocenters. The number of halogens is 1. The van der Waals surface area contributed by atoms with E-state index in [0.29, 0.717) is 6.54 Å². The van der Waals surface area contributed by atoms with Crippen molar-refractivity contribution in [1.29, 1.82) is 0 Å². The SMILES string of the molecule is O=C(C[NH+]1CCN(c2cccc(Cl)c2)CC1)Nc1ccccc1Cc1ccccc1. The van der Waals surface area contributed by atoms with Gasteiger partial charge in [-0.3, -0.25) is 4.79 Å². The van der Waals surface area contributed by atoms with Crippen LogP contribution >= 0.6 is 11.6 Å². The largest absolute Gasteiger partial charge is 0.360 e. The van der Waals surface area contributed by atoms with Crippen LogP contribution in [0, 0.1) is 0 Å². The maximum Gasteiger partial charge on any atom is 0.279 e. The Morgan fingerprint density at radius 2 is 1.67 bits per heavy atom. The van der Waals surface area contributed by atoms with Gasteiger partial charge in [-0.1, -0.05) is 66.2 Å². The summed E-state index contributed by atoms with van der Waals surface area (Å²) in [5.74, 6) is 0.0710. The number of nitrogens with one attached hydrogen (secondary N) is 2. The first-order valence-electron chi connectivity index (χ1n) is 10.4. The summed E-state index contributed by atoms with van der Waals surface area (Å²) in [7, 11) is 0. The van der Waals surface area contributed by atoms with Crippen LogP contribution in [0.2, 0.25) is 5.02 Å². The van der Waals surface area contributed by atoms with Crippen molar-refractivity contribution in [2.45, 2.75) is 6.42 Å². The summed E-state index contributed by atoms with van der Waals surface area (Å²) in [6.45, 7) is 4.21. The normalized spacial score (nSPS) is 14.5. The van der Waals surface area contributed by atoms with Crippen LogP contribution in [0.3, 0.4) is 0 Å². The van der Waals surface area contributed by atoms with Gasteiger partial charge in [-0.05, 0) is 41.8 Å². The van der Waals surface area contributed by atoms with Gasteiger partial charge in [-0.2, -0.15) is 0 Å². The summed E-state index contributed by atoms with van der Waals surface area (Å²) in [5, 5.41) is 3.90. The molecule has 5 heteroatoms. The maximum atomic E-state index is 12.7. The molecule has 4 rings (SSSR count). The van der Waals surface area contributed by atoms with Crippen LogP contribution in [-0.2, 0) is 11.2 Å². The minimum Gasteiger partial charge on any atom is -0.360 e. The van der Waals surface area contributed by atoms with Crippen LogP contribution in [0.1, 0.15) is 11.1 Å². The minimum absolute atomic E-state index is 0.0710. The van der Waals surface area contributed by atoms with E-state index in [0.717, 1.165) is 54.6 Å². The Morgan fingerprint density at radius 1 is 0.933 bits per heavy atom. The number of rotatable bonds is 6. The Bertz CT molecular complexity index is 984. The fraction of sp³-hybridized carbons (Fsp3) is 0.240. The van der Waals surface area contributed by atoms with E-state index in [1.165, 1.54) is 10.5 Å². The quantitative estimate of drug-likeness (QED) is 0.642. The van der Waals surface area contributed by atoms with E-state index in [-0.39, 0.29) is 5.91 Å². The standard InChI is InChI=1S/C25H26ClN3O/c26-22-10-6-11-23(18-22)29-15-13-28(14-16-29)19-25(30)27-24-12-5-4-9-21(24)17-20-7-2-1-3-8-20/h1-12,18H,13-17,19H2,(H,27,30)/p+1. The number of nitrogens with zero attached hydrogens (tertiary/aromatic N) is 1. The fourth-order valence-corrected chi connectivity index (χ4v) is 4.15. The van der Waals surface area contributed by atoms with E-state index in [1.807, 2.05) is 54.6 Å². The van der Waals surface area contributed by atoms with Gasteiger partial charge in [0.05, 0.1) is 26.2 Å². The van der Waals surface area contributed by atoms with Crippen molar-refractivity contribution < 1.29 is 9.69 Å². The number of hydrogen-bond acceptors (Lipinski definition) is 2. The predicted molar refractivity (Wildman–Crippen MR) is 124 cm³/mol. The zero-order chi connectivity index (χ0) is 20.8. The van der Waals surface area contributed by atoms with E-state index in [1.54, 1.807) is 0 Å². The highest BCUT2D eigenvalue weighted by Gasteiger charge is 2.22. The third kappa shape index (κ3) is 5.41. The van der Waals surface area contributed by atoms with Crippen LogP contribution in [0.15, 0.2) is 78.9 Å². The molecule has 4 nitrogen and oxygen atoms in total. The van der Waals surface area contributed by atoms with Crippen molar-refractivity contribution in [2.24, 2.45) is 0 Å². The number of carbonyl (C=O) groups is 1. The Morgan fingerprint density at radius 3 is 2.43 bits per heavy atom. The van der Waals surface area contributed by atoms with Crippen LogP contribution < -0.4 is 15.1 Å². The van der Waals surface area contributed by atoms with E-state index in [2.05, 4.69) is 34.5 Å². The molecular weight excluding hydrogens is 394 g/mol. The lowest BCUT2D eigenvalue weighted by Gasteiger charge is -2.33. The Balaban J connectivity index is 1.31. The monoisotopic (exact) mass is 420 g/mol. The number of anilines is 2. The van der Waals surface area contributed by atoms with Gasteiger partial charge in [0.1, 0.15) is 0 Å². The van der Waals surface area contributed by atoms with Crippen molar-refractivity contribution in [1.82, 2.24) is 0 Å². The molecule has 1 aliphatic heterocycles. The molecule has 0 spiro atoms. The molecule has 1 aliphatic rings. The average molecular weight is 421 g/mol. The van der Waals surface area contributed by atoms with Gasteiger partial charge in [0.15, 0.2) is 6.54 Å². The highest BCUT2D eigenvalue weighted by atomic mass is 35.5. The summed E-state index contributed by atoms with van der Waals surface area (Å²) in [4.78, 5) is 16.4. The number of para-hydroxylation sites is 1. The molecule has 0 aliphatic carbocycles. The van der Waals surface area contributed by atoms with E-state index >= 15 is 0 Å². The highest BCUT2D eigenvalue weighted by Crippen LogP contribution is 2.20. The third-order valence-corrected chi connectivity index (χ3v) is 5.82. The summed E-state index contributed by atoms with van der Waals surface area (Å²) in [6, 6.07) is 26.4. The van der Waals surface area contributed by atoms with Crippen molar-refractivity contribution in [2.75, 3.05) is 42.9 Å². The lowest BCUT2D eigenvalue weighted by molar-refractivity contribution is -0.892. The molecule has 0 aromatic heterocycles. The minimum atomic E-state index is 0.0710. The number of benzene rings is 3. The molecule has 3 aromatic rings. The second kappa shape index (κ2) is 9.79. The first-order chi connectivity index (χ1) is 14.7. The van der Waals surface area contributed by atoms with Crippen molar-refractivity contribution in [3.8, 4) is 0 Å². The summed E-state index contributed by atoms with van der Waals surface area (Å²) in [6.07, 6.45) is 0.808. The van der Waals surface area contributed by atoms with E-state index < -0.39 is 0 Å². The van der Waals surface area contributed by atoms with Gasteiger partial charge < -0.3 is 15.1 Å².